The summed E-state index contributed by atoms with van der Waals surface area (Å²) in [5.74, 6) is 0.757. The standard InChI is InChI=1S/C21H24N2O3/c1-5-19(24)22(4)17-8-6-15(7-9-17)20(25)23-13-16-10-11-26-18(16)12-21(2,3)14-23/h5-11H,1,12-14H2,2-4H3. The van der Waals surface area contributed by atoms with E-state index in [4.69, 9.17) is 4.42 Å². The van der Waals surface area contributed by atoms with Gasteiger partial charge in [-0.1, -0.05) is 20.4 Å². The fraction of sp³-hybridized carbons (Fsp3) is 0.333. The molecule has 136 valence electrons. The van der Waals surface area contributed by atoms with Crippen molar-refractivity contribution in [2.24, 2.45) is 5.41 Å². The summed E-state index contributed by atoms with van der Waals surface area (Å²) in [7, 11) is 1.68. The fourth-order valence-corrected chi connectivity index (χ4v) is 3.35. The lowest BCUT2D eigenvalue weighted by Gasteiger charge is -2.29. The Morgan fingerprint density at radius 1 is 1.23 bits per heavy atom. The lowest BCUT2D eigenvalue weighted by molar-refractivity contribution is -0.113. The van der Waals surface area contributed by atoms with E-state index in [1.54, 1.807) is 37.6 Å². The Balaban J connectivity index is 1.82. The van der Waals surface area contributed by atoms with Gasteiger partial charge in [0.1, 0.15) is 5.76 Å². The summed E-state index contributed by atoms with van der Waals surface area (Å²) in [4.78, 5) is 28.1. The van der Waals surface area contributed by atoms with E-state index in [1.807, 2.05) is 11.0 Å². The zero-order valence-corrected chi connectivity index (χ0v) is 15.5. The molecule has 3 rings (SSSR count). The van der Waals surface area contributed by atoms with Crippen LogP contribution in [-0.4, -0.2) is 30.3 Å². The Kier molecular flexibility index (Phi) is 4.72. The first kappa shape index (κ1) is 18.0. The second kappa shape index (κ2) is 6.83. The molecule has 0 N–H and O–H groups in total. The van der Waals surface area contributed by atoms with Gasteiger partial charge >= 0.3 is 0 Å². The molecule has 1 aliphatic heterocycles. The first-order chi connectivity index (χ1) is 12.3. The number of likely N-dealkylation sites (N-methyl/N-ethyl adjacent to an activating group) is 1. The first-order valence-corrected chi connectivity index (χ1v) is 8.65. The average Bonchev–Trinajstić information content (AvgIpc) is 2.99. The van der Waals surface area contributed by atoms with E-state index >= 15 is 0 Å². The Labute approximate surface area is 153 Å². The molecular formula is C21H24N2O3. The average molecular weight is 352 g/mol. The topological polar surface area (TPSA) is 53.8 Å². The van der Waals surface area contributed by atoms with Crippen LogP contribution < -0.4 is 4.90 Å². The molecule has 0 atom stereocenters. The van der Waals surface area contributed by atoms with Crippen LogP contribution in [-0.2, 0) is 17.8 Å². The number of fused-ring (bicyclic) bond motifs is 1. The summed E-state index contributed by atoms with van der Waals surface area (Å²) in [6.07, 6.45) is 3.77. The highest BCUT2D eigenvalue weighted by Gasteiger charge is 2.32. The summed E-state index contributed by atoms with van der Waals surface area (Å²) < 4.78 is 5.60. The summed E-state index contributed by atoms with van der Waals surface area (Å²) >= 11 is 0. The molecule has 0 radical (unpaired) electrons. The largest absolute Gasteiger partial charge is 0.469 e. The predicted octanol–water partition coefficient (Wildman–Crippen LogP) is 3.65. The SMILES string of the molecule is C=CC(=O)N(C)c1ccc(C(=O)N2Cc3ccoc3CC(C)(C)C2)cc1. The smallest absolute Gasteiger partial charge is 0.254 e. The van der Waals surface area contributed by atoms with E-state index in [-0.39, 0.29) is 17.2 Å². The Morgan fingerprint density at radius 2 is 1.92 bits per heavy atom. The minimum Gasteiger partial charge on any atom is -0.469 e. The Bertz CT molecular complexity index is 833. The highest BCUT2D eigenvalue weighted by Crippen LogP contribution is 2.31. The summed E-state index contributed by atoms with van der Waals surface area (Å²) in [5.41, 5.74) is 2.34. The van der Waals surface area contributed by atoms with Crippen molar-refractivity contribution in [1.29, 1.82) is 0 Å². The van der Waals surface area contributed by atoms with Crippen LogP contribution in [0.1, 0.15) is 35.5 Å². The summed E-state index contributed by atoms with van der Waals surface area (Å²) in [5, 5.41) is 0. The highest BCUT2D eigenvalue weighted by atomic mass is 16.3. The number of anilines is 1. The number of benzene rings is 1. The third-order valence-corrected chi connectivity index (χ3v) is 4.75. The maximum atomic E-state index is 13.0. The monoisotopic (exact) mass is 352 g/mol. The molecule has 0 spiro atoms. The number of furan rings is 1. The van der Waals surface area contributed by atoms with Gasteiger partial charge in [-0.25, -0.2) is 0 Å². The lowest BCUT2D eigenvalue weighted by Crippen LogP contribution is -2.37. The molecule has 2 amide bonds. The van der Waals surface area contributed by atoms with Crippen molar-refractivity contribution >= 4 is 17.5 Å². The Morgan fingerprint density at radius 3 is 2.58 bits per heavy atom. The van der Waals surface area contributed by atoms with E-state index in [0.717, 1.165) is 23.4 Å². The maximum Gasteiger partial charge on any atom is 0.254 e. The van der Waals surface area contributed by atoms with Gasteiger partial charge < -0.3 is 14.2 Å². The zero-order chi connectivity index (χ0) is 18.9. The van der Waals surface area contributed by atoms with Crippen LogP contribution in [0.15, 0.2) is 53.7 Å². The molecule has 1 aromatic carbocycles. The zero-order valence-electron chi connectivity index (χ0n) is 15.5. The van der Waals surface area contributed by atoms with Crippen molar-refractivity contribution in [3.63, 3.8) is 0 Å². The first-order valence-electron chi connectivity index (χ1n) is 8.65. The molecule has 0 unspecified atom stereocenters. The molecule has 0 saturated heterocycles. The molecule has 26 heavy (non-hydrogen) atoms. The number of hydrogen-bond donors (Lipinski definition) is 0. The third kappa shape index (κ3) is 3.57. The van der Waals surface area contributed by atoms with Gasteiger partial charge in [0.25, 0.3) is 5.91 Å². The predicted molar refractivity (Wildman–Crippen MR) is 101 cm³/mol. The molecule has 2 heterocycles. The number of hydrogen-bond acceptors (Lipinski definition) is 3. The second-order valence-corrected chi connectivity index (χ2v) is 7.52. The van der Waals surface area contributed by atoms with Crippen LogP contribution >= 0.6 is 0 Å². The number of rotatable bonds is 3. The van der Waals surface area contributed by atoms with Gasteiger partial charge in [-0.2, -0.15) is 0 Å². The van der Waals surface area contributed by atoms with E-state index in [2.05, 4.69) is 20.4 Å². The van der Waals surface area contributed by atoms with Gasteiger partial charge in [0.15, 0.2) is 0 Å². The van der Waals surface area contributed by atoms with E-state index in [9.17, 15) is 9.59 Å². The van der Waals surface area contributed by atoms with Crippen molar-refractivity contribution in [1.82, 2.24) is 4.90 Å². The van der Waals surface area contributed by atoms with Crippen LogP contribution in [0.2, 0.25) is 0 Å². The number of nitrogens with zero attached hydrogens (tertiary/aromatic N) is 2. The van der Waals surface area contributed by atoms with Gasteiger partial charge in [-0.05, 0) is 41.8 Å². The maximum absolute atomic E-state index is 13.0. The van der Waals surface area contributed by atoms with Gasteiger partial charge in [-0.15, -0.1) is 0 Å². The molecule has 1 aromatic heterocycles. The normalized spacial score (nSPS) is 15.7. The minimum absolute atomic E-state index is 0.0172. The molecule has 0 fully saturated rings. The van der Waals surface area contributed by atoms with Gasteiger partial charge in [0, 0.05) is 43.4 Å². The summed E-state index contributed by atoms with van der Waals surface area (Å²) in [6.45, 7) is 8.98. The van der Waals surface area contributed by atoms with Crippen molar-refractivity contribution in [3.05, 3.63) is 66.1 Å². The van der Waals surface area contributed by atoms with Crippen molar-refractivity contribution in [2.45, 2.75) is 26.8 Å². The minimum atomic E-state index is -0.189. The Hall–Kier alpha value is -2.82. The number of carbonyl (C=O) groups is 2. The molecule has 0 aliphatic carbocycles. The van der Waals surface area contributed by atoms with Crippen LogP contribution in [0.5, 0.6) is 0 Å². The van der Waals surface area contributed by atoms with Crippen LogP contribution in [0.4, 0.5) is 5.69 Å². The van der Waals surface area contributed by atoms with Gasteiger partial charge in [0.2, 0.25) is 5.91 Å². The summed E-state index contributed by atoms with van der Waals surface area (Å²) in [6, 6.07) is 9.02. The third-order valence-electron chi connectivity index (χ3n) is 4.75. The van der Waals surface area contributed by atoms with E-state index < -0.39 is 0 Å². The van der Waals surface area contributed by atoms with Crippen molar-refractivity contribution in [2.75, 3.05) is 18.5 Å². The van der Waals surface area contributed by atoms with Gasteiger partial charge in [0.05, 0.1) is 6.26 Å². The molecule has 0 saturated carbocycles. The number of amides is 2. The molecule has 0 bridgehead atoms. The fourth-order valence-electron chi connectivity index (χ4n) is 3.35. The number of carbonyl (C=O) groups excluding carboxylic acids is 2. The lowest BCUT2D eigenvalue weighted by atomic mass is 9.88. The van der Waals surface area contributed by atoms with Crippen LogP contribution in [0.25, 0.3) is 0 Å². The van der Waals surface area contributed by atoms with Crippen LogP contribution in [0, 0.1) is 5.41 Å². The van der Waals surface area contributed by atoms with Gasteiger partial charge in [-0.3, -0.25) is 9.59 Å². The van der Waals surface area contributed by atoms with Crippen molar-refractivity contribution < 1.29 is 14.0 Å². The molecular weight excluding hydrogens is 328 g/mol. The highest BCUT2D eigenvalue weighted by molar-refractivity contribution is 6.01. The molecule has 1 aliphatic rings. The van der Waals surface area contributed by atoms with E-state index in [0.29, 0.717) is 18.7 Å². The molecule has 5 nitrogen and oxygen atoms in total. The van der Waals surface area contributed by atoms with Crippen molar-refractivity contribution in [3.8, 4) is 0 Å². The molecule has 5 heteroatoms. The second-order valence-electron chi connectivity index (χ2n) is 7.52. The quantitative estimate of drug-likeness (QED) is 0.792. The van der Waals surface area contributed by atoms with E-state index in [1.165, 1.54) is 11.0 Å². The molecule has 2 aromatic rings. The van der Waals surface area contributed by atoms with Crippen LogP contribution in [0.3, 0.4) is 0 Å².